The van der Waals surface area contributed by atoms with Gasteiger partial charge < -0.3 is 5.32 Å². The normalized spacial score (nSPS) is 11.5. The maximum Gasteiger partial charge on any atom is 0.253 e. The van der Waals surface area contributed by atoms with E-state index in [9.17, 15) is 8.42 Å². The fourth-order valence-corrected chi connectivity index (χ4v) is 3.50. The van der Waals surface area contributed by atoms with E-state index in [0.29, 0.717) is 17.3 Å². The van der Waals surface area contributed by atoms with Crippen LogP contribution in [0.3, 0.4) is 0 Å². The number of aromatic nitrogens is 1. The number of likely N-dealkylation sites (N-methyl/N-ethyl adjacent to an activating group) is 2. The van der Waals surface area contributed by atoms with Crippen molar-refractivity contribution in [3.05, 3.63) is 11.2 Å². The van der Waals surface area contributed by atoms with Gasteiger partial charge in [-0.05, 0) is 14.0 Å². The Kier molecular flexibility index (Phi) is 6.42. The van der Waals surface area contributed by atoms with E-state index in [1.165, 1.54) is 21.8 Å². The molecule has 0 atom stereocenters. The van der Waals surface area contributed by atoms with E-state index < -0.39 is 10.0 Å². The van der Waals surface area contributed by atoms with E-state index >= 15 is 0 Å². The van der Waals surface area contributed by atoms with Crippen molar-refractivity contribution in [2.45, 2.75) is 11.1 Å². The number of nitrogens with zero attached hydrogens (tertiary/aromatic N) is 2. The first-order valence-corrected chi connectivity index (χ1v) is 6.77. The molecule has 0 aromatic carbocycles. The maximum atomic E-state index is 11.9. The minimum atomic E-state index is -3.34. The van der Waals surface area contributed by atoms with Gasteiger partial charge in [0.05, 0.1) is 11.2 Å². The van der Waals surface area contributed by atoms with Gasteiger partial charge in [0.15, 0.2) is 4.21 Å². The molecule has 1 aromatic heterocycles. The van der Waals surface area contributed by atoms with Gasteiger partial charge in [0, 0.05) is 20.1 Å². The van der Waals surface area contributed by atoms with Crippen LogP contribution in [0.2, 0.25) is 0 Å². The van der Waals surface area contributed by atoms with Crippen molar-refractivity contribution in [2.75, 3.05) is 27.2 Å². The molecule has 0 fully saturated rings. The van der Waals surface area contributed by atoms with Crippen LogP contribution in [-0.2, 0) is 10.0 Å². The molecule has 1 N–H and O–H groups in total. The minimum absolute atomic E-state index is 0. The van der Waals surface area contributed by atoms with Crippen LogP contribution in [0, 0.1) is 6.92 Å². The van der Waals surface area contributed by atoms with Crippen LogP contribution >= 0.6 is 23.7 Å². The van der Waals surface area contributed by atoms with E-state index in [-0.39, 0.29) is 12.4 Å². The molecule has 0 spiro atoms. The molecule has 1 aromatic rings. The number of hydrogen-bond acceptors (Lipinski definition) is 5. The summed E-state index contributed by atoms with van der Waals surface area (Å²) in [6.45, 7) is 2.88. The summed E-state index contributed by atoms with van der Waals surface area (Å²) in [6, 6.07) is 0. The van der Waals surface area contributed by atoms with Crippen molar-refractivity contribution < 1.29 is 8.42 Å². The summed E-state index contributed by atoms with van der Waals surface area (Å²) in [4.78, 5) is 3.94. The molecule has 0 amide bonds. The fourth-order valence-electron chi connectivity index (χ4n) is 1.00. The lowest BCUT2D eigenvalue weighted by Crippen LogP contribution is -2.32. The van der Waals surface area contributed by atoms with Crippen LogP contribution in [0.15, 0.2) is 10.4 Å². The van der Waals surface area contributed by atoms with Crippen molar-refractivity contribution in [2.24, 2.45) is 0 Å². The lowest BCUT2D eigenvalue weighted by molar-refractivity contribution is 0.467. The molecule has 94 valence electrons. The van der Waals surface area contributed by atoms with Gasteiger partial charge in [-0.3, -0.25) is 0 Å². The van der Waals surface area contributed by atoms with Crippen LogP contribution in [-0.4, -0.2) is 44.9 Å². The molecule has 0 aliphatic heterocycles. The van der Waals surface area contributed by atoms with Gasteiger partial charge in [0.2, 0.25) is 0 Å². The standard InChI is InChI=1S/C8H15N3O2S2.ClH/c1-7-10-6-8(14-7)15(12,13)11(3)5-4-9-2;/h6,9H,4-5H2,1-3H3;1H. The smallest absolute Gasteiger partial charge is 0.253 e. The summed E-state index contributed by atoms with van der Waals surface area (Å²) >= 11 is 1.20. The van der Waals surface area contributed by atoms with Gasteiger partial charge in [-0.2, -0.15) is 4.31 Å². The third-order valence-electron chi connectivity index (χ3n) is 1.94. The Bertz CT molecular complexity index is 419. The second-order valence-corrected chi connectivity index (χ2v) is 6.63. The molecule has 0 saturated carbocycles. The number of thiazole rings is 1. The second-order valence-electron chi connectivity index (χ2n) is 3.13. The average molecular weight is 286 g/mol. The van der Waals surface area contributed by atoms with Crippen LogP contribution in [0.1, 0.15) is 5.01 Å². The van der Waals surface area contributed by atoms with E-state index in [0.717, 1.165) is 5.01 Å². The molecular formula is C8H16ClN3O2S2. The molecular weight excluding hydrogens is 270 g/mol. The van der Waals surface area contributed by atoms with Crippen molar-refractivity contribution in [3.8, 4) is 0 Å². The van der Waals surface area contributed by atoms with Crippen LogP contribution < -0.4 is 5.32 Å². The van der Waals surface area contributed by atoms with E-state index in [1.54, 1.807) is 21.0 Å². The largest absolute Gasteiger partial charge is 0.318 e. The number of rotatable bonds is 5. The summed E-state index contributed by atoms with van der Waals surface area (Å²) in [6.07, 6.45) is 1.41. The lowest BCUT2D eigenvalue weighted by Gasteiger charge is -2.14. The van der Waals surface area contributed by atoms with E-state index in [2.05, 4.69) is 10.3 Å². The summed E-state index contributed by atoms with van der Waals surface area (Å²) in [7, 11) is 0.0191. The van der Waals surface area contributed by atoms with Gasteiger partial charge >= 0.3 is 0 Å². The maximum absolute atomic E-state index is 11.9. The Hall–Kier alpha value is -0.210. The van der Waals surface area contributed by atoms with Crippen LogP contribution in [0.5, 0.6) is 0 Å². The first kappa shape index (κ1) is 15.8. The molecule has 1 heterocycles. The molecule has 5 nitrogen and oxygen atoms in total. The number of halogens is 1. The minimum Gasteiger partial charge on any atom is -0.318 e. The van der Waals surface area contributed by atoms with Gasteiger partial charge in [0.1, 0.15) is 0 Å². The number of aryl methyl sites for hydroxylation is 1. The number of hydrogen-bond donors (Lipinski definition) is 1. The molecule has 0 radical (unpaired) electrons. The Morgan fingerprint density at radius 2 is 2.19 bits per heavy atom. The second kappa shape index (κ2) is 6.51. The first-order valence-electron chi connectivity index (χ1n) is 4.52. The third kappa shape index (κ3) is 3.67. The predicted octanol–water partition coefficient (Wildman–Crippen LogP) is 0.713. The Morgan fingerprint density at radius 3 is 2.62 bits per heavy atom. The zero-order chi connectivity index (χ0) is 11.5. The number of nitrogens with one attached hydrogen (secondary N) is 1. The highest BCUT2D eigenvalue weighted by atomic mass is 35.5. The molecule has 0 aliphatic carbocycles. The van der Waals surface area contributed by atoms with E-state index in [1.807, 2.05) is 0 Å². The number of sulfonamides is 1. The summed E-state index contributed by atoms with van der Waals surface area (Å²) in [5, 5.41) is 3.67. The topological polar surface area (TPSA) is 62.3 Å². The third-order valence-corrected chi connectivity index (χ3v) is 5.15. The van der Waals surface area contributed by atoms with Crippen molar-refractivity contribution in [1.29, 1.82) is 0 Å². The highest BCUT2D eigenvalue weighted by Crippen LogP contribution is 2.20. The van der Waals surface area contributed by atoms with Gasteiger partial charge in [-0.1, -0.05) is 0 Å². The van der Waals surface area contributed by atoms with Gasteiger partial charge in [-0.15, -0.1) is 23.7 Å². The van der Waals surface area contributed by atoms with Crippen molar-refractivity contribution in [3.63, 3.8) is 0 Å². The quantitative estimate of drug-likeness (QED) is 0.866. The van der Waals surface area contributed by atoms with Crippen LogP contribution in [0.25, 0.3) is 0 Å². The molecule has 0 bridgehead atoms. The summed E-state index contributed by atoms with van der Waals surface area (Å²) in [5.74, 6) is 0. The van der Waals surface area contributed by atoms with E-state index in [4.69, 9.17) is 0 Å². The first-order chi connectivity index (χ1) is 6.98. The zero-order valence-corrected chi connectivity index (χ0v) is 11.9. The van der Waals surface area contributed by atoms with Crippen molar-refractivity contribution >= 4 is 33.8 Å². The Balaban J connectivity index is 0.00000225. The Morgan fingerprint density at radius 1 is 1.56 bits per heavy atom. The SMILES string of the molecule is CNCCN(C)S(=O)(=O)c1cnc(C)s1.Cl. The average Bonchev–Trinajstić information content (AvgIpc) is 2.61. The van der Waals surface area contributed by atoms with Crippen molar-refractivity contribution in [1.82, 2.24) is 14.6 Å². The molecule has 0 unspecified atom stereocenters. The zero-order valence-electron chi connectivity index (χ0n) is 9.43. The predicted molar refractivity (Wildman–Crippen MR) is 67.8 cm³/mol. The monoisotopic (exact) mass is 285 g/mol. The van der Waals surface area contributed by atoms with Crippen LogP contribution in [0.4, 0.5) is 0 Å². The molecule has 1 rings (SSSR count). The lowest BCUT2D eigenvalue weighted by atomic mass is 10.6. The fraction of sp³-hybridized carbons (Fsp3) is 0.625. The summed E-state index contributed by atoms with van der Waals surface area (Å²) < 4.78 is 25.5. The highest BCUT2D eigenvalue weighted by molar-refractivity contribution is 7.91. The van der Waals surface area contributed by atoms with Gasteiger partial charge in [-0.25, -0.2) is 13.4 Å². The molecule has 16 heavy (non-hydrogen) atoms. The molecule has 0 saturated heterocycles. The Labute approximate surface area is 106 Å². The summed E-state index contributed by atoms with van der Waals surface area (Å²) in [5.41, 5.74) is 0. The molecule has 0 aliphatic rings. The van der Waals surface area contributed by atoms with Gasteiger partial charge in [0.25, 0.3) is 10.0 Å². The molecule has 8 heteroatoms. The highest BCUT2D eigenvalue weighted by Gasteiger charge is 2.22.